The van der Waals surface area contributed by atoms with Crippen molar-refractivity contribution in [2.45, 2.75) is 64.3 Å². The first-order valence-corrected chi connectivity index (χ1v) is 12.0. The lowest BCUT2D eigenvalue weighted by Gasteiger charge is -2.62. The molecule has 1 aliphatic carbocycles. The molecule has 0 saturated carbocycles. The Morgan fingerprint density at radius 2 is 1.97 bits per heavy atom. The molecule has 6 nitrogen and oxygen atoms in total. The van der Waals surface area contributed by atoms with E-state index < -0.39 is 10.1 Å². The van der Waals surface area contributed by atoms with Crippen molar-refractivity contribution in [1.29, 1.82) is 0 Å². The maximum Gasteiger partial charge on any atom is 0.261 e. The Hall–Kier alpha value is -1.44. The number of rotatable bonds is 5. The molecule has 1 saturated heterocycles. The van der Waals surface area contributed by atoms with E-state index in [1.807, 2.05) is 6.92 Å². The van der Waals surface area contributed by atoms with Crippen LogP contribution in [-0.2, 0) is 26.7 Å². The second-order valence-corrected chi connectivity index (χ2v) is 10.3. The molecule has 1 fully saturated rings. The topological polar surface area (TPSA) is 83.9 Å². The van der Waals surface area contributed by atoms with Crippen LogP contribution in [0, 0.1) is 5.41 Å². The van der Waals surface area contributed by atoms with Gasteiger partial charge >= 0.3 is 0 Å². The van der Waals surface area contributed by atoms with E-state index in [0.29, 0.717) is 30.9 Å². The summed E-state index contributed by atoms with van der Waals surface area (Å²) in [6, 6.07) is 7.08. The standard InChI is InChI=1S/C21H31NO2.CH4O3S/c1-6-16(23)9-10-21(3)19-13-15-7-8-17(24-5)14-18(15)20(21,2)11-12-22(19)4;1-5(2,3)4/h7-8,14,19H,6,9-13H2,1-5H3;1H3,(H,2,3,4)/t19?,20-,21-;/m1./s1. The molecule has 2 bridgehead atoms. The smallest absolute Gasteiger partial charge is 0.261 e. The van der Waals surface area contributed by atoms with Crippen LogP contribution >= 0.6 is 0 Å². The van der Waals surface area contributed by atoms with Gasteiger partial charge in [0.25, 0.3) is 10.1 Å². The summed E-state index contributed by atoms with van der Waals surface area (Å²) in [6.07, 6.45) is 5.25. The fourth-order valence-electron chi connectivity index (χ4n) is 5.12. The molecule has 0 amide bonds. The van der Waals surface area contributed by atoms with Gasteiger partial charge in [0.2, 0.25) is 0 Å². The molecule has 1 unspecified atom stereocenters. The van der Waals surface area contributed by atoms with Gasteiger partial charge in [0, 0.05) is 24.3 Å². The van der Waals surface area contributed by atoms with Gasteiger partial charge in [-0.25, -0.2) is 0 Å². The summed E-state index contributed by atoms with van der Waals surface area (Å²) in [5.74, 6) is 1.33. The van der Waals surface area contributed by atoms with E-state index in [1.54, 1.807) is 7.11 Å². The van der Waals surface area contributed by atoms with E-state index in [-0.39, 0.29) is 10.8 Å². The van der Waals surface area contributed by atoms with E-state index in [9.17, 15) is 13.2 Å². The number of likely N-dealkylation sites (tertiary alicyclic amines) is 1. The normalized spacial score (nSPS) is 28.7. The highest BCUT2D eigenvalue weighted by Gasteiger charge is 2.57. The van der Waals surface area contributed by atoms with Gasteiger partial charge in [0.15, 0.2) is 0 Å². The second kappa shape index (κ2) is 8.74. The number of hydrogen-bond acceptors (Lipinski definition) is 5. The van der Waals surface area contributed by atoms with Gasteiger partial charge in [0.1, 0.15) is 11.5 Å². The van der Waals surface area contributed by atoms with E-state index in [2.05, 4.69) is 44.0 Å². The highest BCUT2D eigenvalue weighted by molar-refractivity contribution is 7.85. The summed E-state index contributed by atoms with van der Waals surface area (Å²) < 4.78 is 31.4. The molecular weight excluding hydrogens is 390 g/mol. The molecule has 29 heavy (non-hydrogen) atoms. The Morgan fingerprint density at radius 1 is 1.34 bits per heavy atom. The average Bonchev–Trinajstić information content (AvgIpc) is 2.64. The third kappa shape index (κ3) is 5.01. The molecule has 3 atom stereocenters. The van der Waals surface area contributed by atoms with Crippen LogP contribution in [0.1, 0.15) is 57.6 Å². The van der Waals surface area contributed by atoms with Crippen molar-refractivity contribution in [3.05, 3.63) is 29.3 Å². The number of Topliss-reactive ketones (excluding diaryl/α,β-unsaturated/α-hetero) is 1. The van der Waals surface area contributed by atoms with Crippen molar-refractivity contribution in [2.24, 2.45) is 5.41 Å². The number of nitrogens with zero attached hydrogens (tertiary/aromatic N) is 1. The third-order valence-electron chi connectivity index (χ3n) is 7.13. The maximum atomic E-state index is 12.0. The zero-order valence-electron chi connectivity index (χ0n) is 18.5. The Morgan fingerprint density at radius 3 is 2.52 bits per heavy atom. The van der Waals surface area contributed by atoms with Crippen molar-refractivity contribution >= 4 is 15.9 Å². The molecule has 1 N–H and O–H groups in total. The van der Waals surface area contributed by atoms with Crippen molar-refractivity contribution in [3.63, 3.8) is 0 Å². The van der Waals surface area contributed by atoms with Crippen LogP contribution in [0.4, 0.5) is 0 Å². The largest absolute Gasteiger partial charge is 0.497 e. The first kappa shape index (κ1) is 23.8. The lowest BCUT2D eigenvalue weighted by atomic mass is 9.49. The monoisotopic (exact) mass is 425 g/mol. The highest BCUT2D eigenvalue weighted by atomic mass is 32.2. The van der Waals surface area contributed by atoms with Crippen LogP contribution < -0.4 is 4.74 Å². The van der Waals surface area contributed by atoms with Gasteiger partial charge in [-0.2, -0.15) is 8.42 Å². The fraction of sp³-hybridized carbons (Fsp3) is 0.682. The highest BCUT2D eigenvalue weighted by Crippen LogP contribution is 2.58. The number of ketones is 1. The molecule has 2 aliphatic rings. The molecule has 164 valence electrons. The van der Waals surface area contributed by atoms with E-state index in [1.165, 1.54) is 11.1 Å². The number of hydrogen-bond donors (Lipinski definition) is 1. The number of methoxy groups -OCH3 is 1. The van der Waals surface area contributed by atoms with Gasteiger partial charge in [-0.1, -0.05) is 26.8 Å². The van der Waals surface area contributed by atoms with Gasteiger partial charge in [-0.05, 0) is 61.5 Å². The zero-order valence-corrected chi connectivity index (χ0v) is 19.3. The van der Waals surface area contributed by atoms with Crippen LogP contribution in [0.25, 0.3) is 0 Å². The molecule has 0 spiro atoms. The van der Waals surface area contributed by atoms with Gasteiger partial charge in [-0.3, -0.25) is 9.35 Å². The molecule has 1 aromatic rings. The summed E-state index contributed by atoms with van der Waals surface area (Å²) in [7, 11) is 0.322. The Bertz CT molecular complexity index is 845. The summed E-state index contributed by atoms with van der Waals surface area (Å²) >= 11 is 0. The third-order valence-corrected chi connectivity index (χ3v) is 7.13. The minimum atomic E-state index is -3.67. The van der Waals surface area contributed by atoms with Crippen molar-refractivity contribution in [1.82, 2.24) is 4.90 Å². The second-order valence-electron chi connectivity index (χ2n) is 8.85. The zero-order chi connectivity index (χ0) is 22.0. The molecule has 1 aromatic carbocycles. The Kier molecular flexibility index (Phi) is 7.18. The van der Waals surface area contributed by atoms with Crippen LogP contribution in [-0.4, -0.2) is 56.7 Å². The summed E-state index contributed by atoms with van der Waals surface area (Å²) in [5, 5.41) is 0. The molecule has 0 radical (unpaired) electrons. The molecule has 1 aliphatic heterocycles. The van der Waals surface area contributed by atoms with Crippen LogP contribution in [0.2, 0.25) is 0 Å². The SMILES string of the molecule is CCC(=O)CC[C@]1(C)C2Cc3ccc(OC)cc3[C@@]1(C)CCN2C.CS(=O)(=O)O. The first-order chi connectivity index (χ1) is 13.4. The maximum absolute atomic E-state index is 12.0. The molecule has 0 aromatic heterocycles. The lowest BCUT2D eigenvalue weighted by molar-refractivity contribution is -0.120. The average molecular weight is 426 g/mol. The molecule has 7 heteroatoms. The summed E-state index contributed by atoms with van der Waals surface area (Å²) in [5.41, 5.74) is 3.11. The Balaban J connectivity index is 0.000000537. The Labute approximate surface area is 175 Å². The number of carbonyl (C=O) groups excluding carboxylic acids is 1. The minimum Gasteiger partial charge on any atom is -0.497 e. The van der Waals surface area contributed by atoms with Crippen LogP contribution in [0.3, 0.4) is 0 Å². The van der Waals surface area contributed by atoms with Crippen molar-refractivity contribution in [2.75, 3.05) is 27.0 Å². The van der Waals surface area contributed by atoms with E-state index in [4.69, 9.17) is 9.29 Å². The quantitative estimate of drug-likeness (QED) is 0.727. The predicted molar refractivity (Wildman–Crippen MR) is 115 cm³/mol. The summed E-state index contributed by atoms with van der Waals surface area (Å²) in [4.78, 5) is 14.5. The number of fused-ring (bicyclic) bond motifs is 4. The number of ether oxygens (including phenoxy) is 1. The molecular formula is C22H35NO5S. The van der Waals surface area contributed by atoms with Crippen LogP contribution in [0.15, 0.2) is 18.2 Å². The lowest BCUT2D eigenvalue weighted by Crippen LogP contribution is -2.64. The van der Waals surface area contributed by atoms with E-state index >= 15 is 0 Å². The van der Waals surface area contributed by atoms with Gasteiger partial charge < -0.3 is 9.64 Å². The molecule has 1 heterocycles. The molecule has 3 rings (SSSR count). The fourth-order valence-corrected chi connectivity index (χ4v) is 5.12. The minimum absolute atomic E-state index is 0.0975. The van der Waals surface area contributed by atoms with E-state index in [0.717, 1.165) is 31.6 Å². The number of likely N-dealkylation sites (N-methyl/N-ethyl adjacent to an activating group) is 1. The van der Waals surface area contributed by atoms with Crippen molar-refractivity contribution in [3.8, 4) is 5.75 Å². The number of benzene rings is 1. The van der Waals surface area contributed by atoms with Crippen molar-refractivity contribution < 1.29 is 22.5 Å². The van der Waals surface area contributed by atoms with Gasteiger partial charge in [0.05, 0.1) is 13.4 Å². The predicted octanol–water partition coefficient (Wildman–Crippen LogP) is 3.48. The summed E-state index contributed by atoms with van der Waals surface area (Å²) in [6.45, 7) is 7.93. The first-order valence-electron chi connectivity index (χ1n) is 10.2. The number of piperidine rings is 1. The number of carbonyl (C=O) groups is 1. The van der Waals surface area contributed by atoms with Gasteiger partial charge in [-0.15, -0.1) is 0 Å². The van der Waals surface area contributed by atoms with Crippen LogP contribution in [0.5, 0.6) is 5.75 Å².